The van der Waals surface area contributed by atoms with Crippen molar-refractivity contribution >= 4 is 5.88 Å². The number of benzene rings is 2. The van der Waals surface area contributed by atoms with Gasteiger partial charge >= 0.3 is 6.18 Å². The van der Waals surface area contributed by atoms with Crippen LogP contribution in [0.15, 0.2) is 52.9 Å². The number of nitrogens with one attached hydrogen (secondary N) is 1. The maximum absolute atomic E-state index is 13.3. The van der Waals surface area contributed by atoms with Gasteiger partial charge in [0.2, 0.25) is 5.88 Å². The molecule has 140 valence electrons. The lowest BCUT2D eigenvalue weighted by atomic mass is 9.99. The smallest absolute Gasteiger partial charge is 0.416 e. The first-order chi connectivity index (χ1) is 12.8. The topological polar surface area (TPSA) is 45.4 Å². The molecule has 1 saturated carbocycles. The van der Waals surface area contributed by atoms with Crippen molar-refractivity contribution < 1.29 is 22.7 Å². The Morgan fingerprint density at radius 1 is 1.04 bits per heavy atom. The van der Waals surface area contributed by atoms with Crippen molar-refractivity contribution in [2.24, 2.45) is 0 Å². The first kappa shape index (κ1) is 17.5. The van der Waals surface area contributed by atoms with Crippen LogP contribution in [0.2, 0.25) is 0 Å². The minimum Gasteiger partial charge on any atom is -0.504 e. The molecule has 27 heavy (non-hydrogen) atoms. The summed E-state index contributed by atoms with van der Waals surface area (Å²) in [6.45, 7) is 1.42. The third kappa shape index (κ3) is 3.39. The van der Waals surface area contributed by atoms with E-state index < -0.39 is 11.7 Å². The number of halogens is 3. The van der Waals surface area contributed by atoms with Crippen LogP contribution in [0, 0.1) is 6.92 Å². The minimum atomic E-state index is -4.47. The highest BCUT2D eigenvalue weighted by Gasteiger charge is 2.34. The molecule has 4 rings (SSSR count). The van der Waals surface area contributed by atoms with Gasteiger partial charge < -0.3 is 14.8 Å². The molecule has 0 radical (unpaired) electrons. The molecule has 0 unspecified atom stereocenters. The molecule has 0 atom stereocenters. The summed E-state index contributed by atoms with van der Waals surface area (Å²) in [5.41, 5.74) is 0.586. The zero-order valence-corrected chi connectivity index (χ0v) is 14.6. The Labute approximate surface area is 154 Å². The molecular formula is C21H18F3NO2. The van der Waals surface area contributed by atoms with Crippen LogP contribution in [0.3, 0.4) is 0 Å². The third-order valence-electron chi connectivity index (χ3n) is 4.66. The van der Waals surface area contributed by atoms with Crippen molar-refractivity contribution in [3.8, 4) is 28.2 Å². The summed E-state index contributed by atoms with van der Waals surface area (Å²) in [4.78, 5) is 0. The van der Waals surface area contributed by atoms with Crippen LogP contribution in [0.4, 0.5) is 19.1 Å². The van der Waals surface area contributed by atoms with Gasteiger partial charge in [0.15, 0.2) is 11.5 Å². The maximum Gasteiger partial charge on any atom is 0.416 e. The van der Waals surface area contributed by atoms with Crippen LogP contribution >= 0.6 is 0 Å². The second-order valence-electron chi connectivity index (χ2n) is 6.80. The lowest BCUT2D eigenvalue weighted by molar-refractivity contribution is -0.138. The largest absolute Gasteiger partial charge is 0.504 e. The molecule has 1 fully saturated rings. The fourth-order valence-electron chi connectivity index (χ4n) is 3.07. The highest BCUT2D eigenvalue weighted by atomic mass is 19.4. The number of anilines is 1. The molecule has 1 aliphatic rings. The summed E-state index contributed by atoms with van der Waals surface area (Å²) < 4.78 is 45.9. The van der Waals surface area contributed by atoms with Crippen molar-refractivity contribution in [1.29, 1.82) is 0 Å². The van der Waals surface area contributed by atoms with Gasteiger partial charge in [-0.15, -0.1) is 0 Å². The SMILES string of the molecule is Cc1ccc(-c2c(NC3CC3)oc(-c3ccccc3)c2O)cc1C(F)(F)F. The third-order valence-corrected chi connectivity index (χ3v) is 4.66. The van der Waals surface area contributed by atoms with Gasteiger partial charge in [-0.1, -0.05) is 42.5 Å². The van der Waals surface area contributed by atoms with E-state index in [1.54, 1.807) is 30.3 Å². The van der Waals surface area contributed by atoms with Gasteiger partial charge in [-0.2, -0.15) is 13.2 Å². The average molecular weight is 373 g/mol. The van der Waals surface area contributed by atoms with E-state index >= 15 is 0 Å². The van der Waals surface area contributed by atoms with E-state index in [-0.39, 0.29) is 34.2 Å². The molecule has 2 aromatic carbocycles. The molecule has 0 bridgehead atoms. The monoisotopic (exact) mass is 373 g/mol. The van der Waals surface area contributed by atoms with Crippen LogP contribution in [0.25, 0.3) is 22.5 Å². The van der Waals surface area contributed by atoms with Gasteiger partial charge in [-0.25, -0.2) is 0 Å². The minimum absolute atomic E-state index is 0.134. The van der Waals surface area contributed by atoms with E-state index in [4.69, 9.17) is 4.42 Å². The molecule has 6 heteroatoms. The molecule has 3 aromatic rings. The maximum atomic E-state index is 13.3. The van der Waals surface area contributed by atoms with E-state index in [1.165, 1.54) is 13.0 Å². The quantitative estimate of drug-likeness (QED) is 0.571. The van der Waals surface area contributed by atoms with Gasteiger partial charge in [0, 0.05) is 11.6 Å². The number of alkyl halides is 3. The summed E-state index contributed by atoms with van der Waals surface area (Å²) in [5, 5.41) is 14.0. The van der Waals surface area contributed by atoms with Crippen molar-refractivity contribution in [2.75, 3.05) is 5.32 Å². The van der Waals surface area contributed by atoms with Crippen molar-refractivity contribution in [3.63, 3.8) is 0 Å². The molecule has 0 saturated heterocycles. The van der Waals surface area contributed by atoms with Crippen molar-refractivity contribution in [3.05, 3.63) is 59.7 Å². The van der Waals surface area contributed by atoms with Crippen molar-refractivity contribution in [1.82, 2.24) is 0 Å². The van der Waals surface area contributed by atoms with Crippen LogP contribution in [0.5, 0.6) is 5.75 Å². The Kier molecular flexibility index (Phi) is 4.13. The highest BCUT2D eigenvalue weighted by Crippen LogP contribution is 2.48. The van der Waals surface area contributed by atoms with Gasteiger partial charge in [0.25, 0.3) is 0 Å². The Morgan fingerprint density at radius 3 is 2.37 bits per heavy atom. The molecule has 1 aliphatic carbocycles. The lowest BCUT2D eigenvalue weighted by Crippen LogP contribution is -2.07. The first-order valence-electron chi connectivity index (χ1n) is 8.70. The molecule has 0 aliphatic heterocycles. The predicted octanol–water partition coefficient (Wildman–Crippen LogP) is 6.22. The Morgan fingerprint density at radius 2 is 1.74 bits per heavy atom. The van der Waals surface area contributed by atoms with Gasteiger partial charge in [-0.05, 0) is 37.0 Å². The number of furan rings is 1. The molecule has 3 nitrogen and oxygen atoms in total. The summed E-state index contributed by atoms with van der Waals surface area (Å²) >= 11 is 0. The Hall–Kier alpha value is -2.89. The van der Waals surface area contributed by atoms with E-state index in [0.29, 0.717) is 11.4 Å². The molecule has 1 heterocycles. The fourth-order valence-corrected chi connectivity index (χ4v) is 3.07. The van der Waals surface area contributed by atoms with E-state index in [0.717, 1.165) is 18.9 Å². The van der Waals surface area contributed by atoms with E-state index in [9.17, 15) is 18.3 Å². The summed E-state index contributed by atoms with van der Waals surface area (Å²) in [6.07, 6.45) is -2.54. The van der Waals surface area contributed by atoms with Crippen LogP contribution in [-0.4, -0.2) is 11.1 Å². The molecule has 2 N–H and O–H groups in total. The van der Waals surface area contributed by atoms with Crippen LogP contribution in [0.1, 0.15) is 24.0 Å². The van der Waals surface area contributed by atoms with Gasteiger partial charge in [-0.3, -0.25) is 0 Å². The van der Waals surface area contributed by atoms with Gasteiger partial charge in [0.1, 0.15) is 0 Å². The second kappa shape index (κ2) is 6.37. The van der Waals surface area contributed by atoms with Gasteiger partial charge in [0.05, 0.1) is 11.1 Å². The molecule has 1 aromatic heterocycles. The summed E-state index contributed by atoms with van der Waals surface area (Å²) in [6, 6.07) is 13.3. The number of aryl methyl sites for hydroxylation is 1. The summed E-state index contributed by atoms with van der Waals surface area (Å²) in [5.74, 6) is 0.370. The van der Waals surface area contributed by atoms with Crippen LogP contribution < -0.4 is 5.32 Å². The zero-order valence-electron chi connectivity index (χ0n) is 14.6. The van der Waals surface area contributed by atoms with E-state index in [2.05, 4.69) is 5.32 Å². The number of rotatable bonds is 4. The highest BCUT2D eigenvalue weighted by molar-refractivity contribution is 5.87. The standard InChI is InChI=1S/C21H18F3NO2/c1-12-7-8-14(11-16(12)21(22,23)24)17-18(26)19(13-5-3-2-4-6-13)27-20(17)25-15-9-10-15/h2-8,11,15,25-26H,9-10H2,1H3. The van der Waals surface area contributed by atoms with Crippen LogP contribution in [-0.2, 0) is 6.18 Å². The lowest BCUT2D eigenvalue weighted by Gasteiger charge is -2.12. The van der Waals surface area contributed by atoms with Crippen molar-refractivity contribution in [2.45, 2.75) is 32.0 Å². The van der Waals surface area contributed by atoms with E-state index in [1.807, 2.05) is 6.07 Å². The molecule has 0 spiro atoms. The fraction of sp³-hybridized carbons (Fsp3) is 0.238. The zero-order chi connectivity index (χ0) is 19.2. The number of hydrogen-bond donors (Lipinski definition) is 2. The second-order valence-corrected chi connectivity index (χ2v) is 6.80. The Bertz CT molecular complexity index is 973. The molecule has 0 amide bonds. The first-order valence-corrected chi connectivity index (χ1v) is 8.70. The molecular weight excluding hydrogens is 355 g/mol. The summed E-state index contributed by atoms with van der Waals surface area (Å²) in [7, 11) is 0. The number of hydrogen-bond acceptors (Lipinski definition) is 3. The predicted molar refractivity (Wildman–Crippen MR) is 97.6 cm³/mol. The normalized spacial score (nSPS) is 14.4. The number of aromatic hydroxyl groups is 1. The Balaban J connectivity index is 1.88. The average Bonchev–Trinajstić information content (AvgIpc) is 3.38.